The van der Waals surface area contributed by atoms with Crippen molar-refractivity contribution in [2.75, 3.05) is 0 Å². The van der Waals surface area contributed by atoms with Crippen molar-refractivity contribution in [2.45, 2.75) is 37.6 Å². The molecule has 2 aromatic carbocycles. The Hall–Kier alpha value is -3.23. The van der Waals surface area contributed by atoms with Crippen LogP contribution in [0.1, 0.15) is 30.7 Å². The van der Waals surface area contributed by atoms with Gasteiger partial charge in [-0.2, -0.15) is 0 Å². The molecule has 0 fully saturated rings. The number of para-hydroxylation sites is 1. The van der Waals surface area contributed by atoms with E-state index < -0.39 is 0 Å². The van der Waals surface area contributed by atoms with Crippen molar-refractivity contribution in [3.05, 3.63) is 93.3 Å². The van der Waals surface area contributed by atoms with Crippen molar-refractivity contribution in [3.8, 4) is 17.1 Å². The SMILES string of the molecule is CCc1cccc(CC)c1-n1c(SCc2cc(=O)n3ccsc3n2)nnc1-c1ccccc1. The van der Waals surface area contributed by atoms with E-state index in [4.69, 9.17) is 0 Å². The van der Waals surface area contributed by atoms with E-state index in [1.54, 1.807) is 28.4 Å². The van der Waals surface area contributed by atoms with Crippen LogP contribution in [-0.2, 0) is 18.6 Å². The van der Waals surface area contributed by atoms with Crippen molar-refractivity contribution < 1.29 is 0 Å². The number of thiazole rings is 1. The van der Waals surface area contributed by atoms with E-state index in [0.717, 1.165) is 40.8 Å². The standard InChI is InChI=1S/C25H23N5OS2/c1-3-17-11-8-12-18(4-2)22(17)30-23(19-9-6-5-7-10-19)27-28-25(30)33-16-20-15-21(31)29-13-14-32-24(29)26-20/h5-15H,3-4,16H2,1-2H3. The van der Waals surface area contributed by atoms with Gasteiger partial charge in [-0.05, 0) is 24.0 Å². The molecule has 8 heteroatoms. The molecular weight excluding hydrogens is 450 g/mol. The predicted molar refractivity (Wildman–Crippen MR) is 134 cm³/mol. The number of aryl methyl sites for hydroxylation is 2. The number of hydrogen-bond acceptors (Lipinski definition) is 6. The second kappa shape index (κ2) is 9.33. The quantitative estimate of drug-likeness (QED) is 0.295. The molecule has 0 spiro atoms. The highest BCUT2D eigenvalue weighted by molar-refractivity contribution is 7.98. The highest BCUT2D eigenvalue weighted by atomic mass is 32.2. The highest BCUT2D eigenvalue weighted by Crippen LogP contribution is 2.33. The number of aromatic nitrogens is 5. The van der Waals surface area contributed by atoms with E-state index >= 15 is 0 Å². The van der Waals surface area contributed by atoms with Gasteiger partial charge in [0.25, 0.3) is 5.56 Å². The van der Waals surface area contributed by atoms with Crippen LogP contribution in [-0.4, -0.2) is 24.1 Å². The number of hydrogen-bond donors (Lipinski definition) is 0. The van der Waals surface area contributed by atoms with Gasteiger partial charge in [-0.25, -0.2) is 4.98 Å². The Morgan fingerprint density at radius 3 is 2.45 bits per heavy atom. The first kappa shape index (κ1) is 21.6. The Morgan fingerprint density at radius 2 is 1.73 bits per heavy atom. The van der Waals surface area contributed by atoms with Crippen LogP contribution in [0.4, 0.5) is 0 Å². The molecule has 0 saturated carbocycles. The fourth-order valence-electron chi connectivity index (χ4n) is 3.94. The second-order valence-corrected chi connectivity index (χ2v) is 9.39. The summed E-state index contributed by atoms with van der Waals surface area (Å²) < 4.78 is 3.74. The molecule has 6 nitrogen and oxygen atoms in total. The Morgan fingerprint density at radius 1 is 0.970 bits per heavy atom. The van der Waals surface area contributed by atoms with Gasteiger partial charge in [-0.1, -0.05) is 74.1 Å². The number of benzene rings is 2. The van der Waals surface area contributed by atoms with Gasteiger partial charge >= 0.3 is 0 Å². The maximum Gasteiger partial charge on any atom is 0.258 e. The molecule has 3 heterocycles. The molecule has 0 N–H and O–H groups in total. The van der Waals surface area contributed by atoms with E-state index in [9.17, 15) is 4.79 Å². The molecule has 3 aromatic heterocycles. The summed E-state index contributed by atoms with van der Waals surface area (Å²) >= 11 is 3.01. The summed E-state index contributed by atoms with van der Waals surface area (Å²) in [5, 5.41) is 11.8. The smallest absolute Gasteiger partial charge is 0.258 e. The molecule has 0 aliphatic carbocycles. The summed E-state index contributed by atoms with van der Waals surface area (Å²) in [6, 6.07) is 18.2. The minimum atomic E-state index is -0.0621. The van der Waals surface area contributed by atoms with Gasteiger partial charge in [0.05, 0.1) is 11.4 Å². The highest BCUT2D eigenvalue weighted by Gasteiger charge is 2.20. The number of fused-ring (bicyclic) bond motifs is 1. The molecule has 0 atom stereocenters. The van der Waals surface area contributed by atoms with Gasteiger partial charge < -0.3 is 0 Å². The minimum absolute atomic E-state index is 0.0621. The van der Waals surface area contributed by atoms with Crippen LogP contribution in [0.25, 0.3) is 22.0 Å². The molecule has 0 aliphatic heterocycles. The fourth-order valence-corrected chi connectivity index (χ4v) is 5.51. The molecule has 0 bridgehead atoms. The van der Waals surface area contributed by atoms with Crippen LogP contribution in [0.5, 0.6) is 0 Å². The minimum Gasteiger partial charge on any atom is -0.269 e. The zero-order chi connectivity index (χ0) is 22.8. The van der Waals surface area contributed by atoms with Crippen LogP contribution in [0.2, 0.25) is 0 Å². The van der Waals surface area contributed by atoms with Gasteiger partial charge in [0.2, 0.25) is 0 Å². The number of nitrogens with zero attached hydrogens (tertiary/aromatic N) is 5. The lowest BCUT2D eigenvalue weighted by molar-refractivity contribution is 0.857. The van der Waals surface area contributed by atoms with Gasteiger partial charge in [0.15, 0.2) is 15.9 Å². The largest absolute Gasteiger partial charge is 0.269 e. The van der Waals surface area contributed by atoms with Gasteiger partial charge in [-0.15, -0.1) is 21.5 Å². The average molecular weight is 474 g/mol. The molecule has 0 unspecified atom stereocenters. The van der Waals surface area contributed by atoms with Crippen LogP contribution in [0.15, 0.2) is 76.1 Å². The van der Waals surface area contributed by atoms with Crippen LogP contribution >= 0.6 is 23.1 Å². The Kier molecular flexibility index (Phi) is 6.11. The molecule has 5 rings (SSSR count). The third kappa shape index (κ3) is 4.12. The average Bonchev–Trinajstić information content (AvgIpc) is 3.50. The Labute approximate surface area is 200 Å². The van der Waals surface area contributed by atoms with Crippen molar-refractivity contribution in [1.82, 2.24) is 24.1 Å². The van der Waals surface area contributed by atoms with Gasteiger partial charge in [0.1, 0.15) is 0 Å². The molecule has 33 heavy (non-hydrogen) atoms. The molecule has 5 aromatic rings. The third-order valence-corrected chi connectivity index (χ3v) is 7.28. The lowest BCUT2D eigenvalue weighted by Crippen LogP contribution is -2.12. The molecular formula is C25H23N5OS2. The summed E-state index contributed by atoms with van der Waals surface area (Å²) in [6.45, 7) is 4.34. The first-order valence-corrected chi connectivity index (χ1v) is 12.8. The maximum absolute atomic E-state index is 12.4. The zero-order valence-electron chi connectivity index (χ0n) is 18.4. The summed E-state index contributed by atoms with van der Waals surface area (Å²) in [5.74, 6) is 1.35. The van der Waals surface area contributed by atoms with Gasteiger partial charge in [0, 0.05) is 29.0 Å². The van der Waals surface area contributed by atoms with Crippen LogP contribution in [0.3, 0.4) is 0 Å². The van der Waals surface area contributed by atoms with Crippen molar-refractivity contribution in [1.29, 1.82) is 0 Å². The van der Waals surface area contributed by atoms with E-state index in [2.05, 4.69) is 63.9 Å². The van der Waals surface area contributed by atoms with Crippen LogP contribution < -0.4 is 5.56 Å². The molecule has 0 saturated heterocycles. The lowest BCUT2D eigenvalue weighted by atomic mass is 10.0. The van der Waals surface area contributed by atoms with E-state index in [1.807, 2.05) is 23.6 Å². The maximum atomic E-state index is 12.4. The van der Waals surface area contributed by atoms with E-state index in [1.165, 1.54) is 22.5 Å². The number of rotatable bonds is 7. The lowest BCUT2D eigenvalue weighted by Gasteiger charge is -2.18. The first-order chi connectivity index (χ1) is 16.2. The first-order valence-electron chi connectivity index (χ1n) is 10.9. The van der Waals surface area contributed by atoms with E-state index in [0.29, 0.717) is 10.7 Å². The monoisotopic (exact) mass is 473 g/mol. The second-order valence-electron chi connectivity index (χ2n) is 7.57. The zero-order valence-corrected chi connectivity index (χ0v) is 20.1. The Balaban J connectivity index is 1.61. The molecule has 166 valence electrons. The van der Waals surface area contributed by atoms with Crippen molar-refractivity contribution >= 4 is 28.1 Å². The Bertz CT molecular complexity index is 1450. The number of thioether (sulfide) groups is 1. The van der Waals surface area contributed by atoms with Crippen molar-refractivity contribution in [2.24, 2.45) is 0 Å². The molecule has 0 radical (unpaired) electrons. The molecule has 0 aliphatic rings. The van der Waals surface area contributed by atoms with Gasteiger partial charge in [-0.3, -0.25) is 13.8 Å². The third-order valence-electron chi connectivity index (χ3n) is 5.56. The summed E-state index contributed by atoms with van der Waals surface area (Å²) in [6.07, 6.45) is 3.57. The van der Waals surface area contributed by atoms with Crippen LogP contribution in [0, 0.1) is 0 Å². The summed E-state index contributed by atoms with van der Waals surface area (Å²) in [7, 11) is 0. The molecule has 0 amide bonds. The van der Waals surface area contributed by atoms with E-state index in [-0.39, 0.29) is 5.56 Å². The van der Waals surface area contributed by atoms with Crippen molar-refractivity contribution in [3.63, 3.8) is 0 Å². The fraction of sp³-hybridized carbons (Fsp3) is 0.200. The topological polar surface area (TPSA) is 65.1 Å². The summed E-state index contributed by atoms with van der Waals surface area (Å²) in [5.41, 5.74) is 5.35. The predicted octanol–water partition coefficient (Wildman–Crippen LogP) is 5.42. The normalized spacial score (nSPS) is 11.3. The summed E-state index contributed by atoms with van der Waals surface area (Å²) in [4.78, 5) is 17.8.